The first kappa shape index (κ1) is 22.3. The number of amides is 2. The Bertz CT molecular complexity index is 1140. The number of carbonyl (C=O) groups excluding carboxylic acids is 2. The Kier molecular flexibility index (Phi) is 5.89. The third-order valence-electron chi connectivity index (χ3n) is 5.60. The first-order valence-electron chi connectivity index (χ1n) is 10.1. The van der Waals surface area contributed by atoms with Crippen LogP contribution in [0.3, 0.4) is 0 Å². The van der Waals surface area contributed by atoms with Gasteiger partial charge in [-0.05, 0) is 54.7 Å². The molecule has 164 valence electrons. The molecule has 2 fully saturated rings. The zero-order chi connectivity index (χ0) is 22.5. The average molecular weight is 481 g/mol. The van der Waals surface area contributed by atoms with Crippen LogP contribution in [0.2, 0.25) is 10.0 Å². The summed E-state index contributed by atoms with van der Waals surface area (Å²) in [6.07, 6.45) is 1.04. The number of carbonyl (C=O) groups is 2. The minimum Gasteiger partial charge on any atom is -0.274 e. The van der Waals surface area contributed by atoms with Gasteiger partial charge in [0.1, 0.15) is 10.9 Å². The van der Waals surface area contributed by atoms with Crippen LogP contribution in [0.15, 0.2) is 47.4 Å². The summed E-state index contributed by atoms with van der Waals surface area (Å²) >= 11 is 12.2. The predicted octanol–water partition coefficient (Wildman–Crippen LogP) is 4.60. The Balaban J connectivity index is 1.69. The van der Waals surface area contributed by atoms with Crippen molar-refractivity contribution in [1.29, 1.82) is 0 Å². The molecule has 0 bridgehead atoms. The van der Waals surface area contributed by atoms with Gasteiger partial charge >= 0.3 is 0 Å². The van der Waals surface area contributed by atoms with Crippen LogP contribution < -0.4 is 4.90 Å². The minimum atomic E-state index is -4.14. The molecule has 4 rings (SSSR count). The van der Waals surface area contributed by atoms with Crippen LogP contribution >= 0.6 is 23.2 Å². The predicted molar refractivity (Wildman–Crippen MR) is 120 cm³/mol. The highest BCUT2D eigenvalue weighted by atomic mass is 35.5. The van der Waals surface area contributed by atoms with Gasteiger partial charge in [-0.25, -0.2) is 13.3 Å². The van der Waals surface area contributed by atoms with Crippen molar-refractivity contribution >= 4 is 50.7 Å². The second-order valence-electron chi connectivity index (χ2n) is 8.17. The van der Waals surface area contributed by atoms with Crippen LogP contribution in [0.4, 0.5) is 5.69 Å². The van der Waals surface area contributed by atoms with Crippen molar-refractivity contribution in [2.45, 2.75) is 56.0 Å². The zero-order valence-corrected chi connectivity index (χ0v) is 19.4. The second-order valence-corrected chi connectivity index (χ2v) is 10.8. The molecule has 1 aliphatic carbocycles. The van der Waals surface area contributed by atoms with Crippen molar-refractivity contribution in [3.63, 3.8) is 0 Å². The summed E-state index contributed by atoms with van der Waals surface area (Å²) in [5.41, 5.74) is 1.52. The normalized spacial score (nSPS) is 19.7. The van der Waals surface area contributed by atoms with Gasteiger partial charge in [0.2, 0.25) is 15.9 Å². The van der Waals surface area contributed by atoms with Gasteiger partial charge in [-0.2, -0.15) is 4.31 Å². The van der Waals surface area contributed by atoms with E-state index in [-0.39, 0.29) is 27.4 Å². The molecular formula is C22H22Cl2N2O4S. The van der Waals surface area contributed by atoms with Gasteiger partial charge < -0.3 is 0 Å². The number of nitrogens with zero attached hydrogens (tertiary/aromatic N) is 2. The van der Waals surface area contributed by atoms with Crippen molar-refractivity contribution in [1.82, 2.24) is 4.31 Å². The number of halogens is 2. The smallest absolute Gasteiger partial charge is 0.252 e. The lowest BCUT2D eigenvalue weighted by molar-refractivity contribution is -0.122. The zero-order valence-electron chi connectivity index (χ0n) is 17.1. The number of hydrogen-bond donors (Lipinski definition) is 0. The summed E-state index contributed by atoms with van der Waals surface area (Å²) in [6, 6.07) is 9.91. The summed E-state index contributed by atoms with van der Waals surface area (Å²) in [4.78, 5) is 27.0. The number of hydrogen-bond acceptors (Lipinski definition) is 4. The monoisotopic (exact) mass is 480 g/mol. The Morgan fingerprint density at radius 3 is 2.26 bits per heavy atom. The molecule has 2 aromatic carbocycles. The lowest BCUT2D eigenvalue weighted by Crippen LogP contribution is -2.46. The third kappa shape index (κ3) is 4.12. The van der Waals surface area contributed by atoms with Crippen molar-refractivity contribution in [2.24, 2.45) is 0 Å². The Morgan fingerprint density at radius 1 is 1.03 bits per heavy atom. The standard InChI is InChI=1S/C22H22Cl2N2O4S/c1-13(2)14-3-6-16(7-4-14)25-21(27)12-19(22(25)28)26(17-8-9-17)31(29,30)20-11-15(23)5-10-18(20)24/h3-7,10-11,13,17,19H,8-9,12H2,1-2H3. The number of anilines is 1. The molecule has 1 saturated heterocycles. The van der Waals surface area contributed by atoms with E-state index in [0.29, 0.717) is 24.4 Å². The molecule has 1 unspecified atom stereocenters. The molecule has 2 amide bonds. The van der Waals surface area contributed by atoms with E-state index in [9.17, 15) is 18.0 Å². The maximum Gasteiger partial charge on any atom is 0.252 e. The fraction of sp³-hybridized carbons (Fsp3) is 0.364. The lowest BCUT2D eigenvalue weighted by Gasteiger charge is -2.27. The fourth-order valence-electron chi connectivity index (χ4n) is 3.83. The summed E-state index contributed by atoms with van der Waals surface area (Å²) in [6.45, 7) is 4.10. The largest absolute Gasteiger partial charge is 0.274 e. The van der Waals surface area contributed by atoms with Gasteiger partial charge in [-0.1, -0.05) is 49.2 Å². The fourth-order valence-corrected chi connectivity index (χ4v) is 6.40. The molecular weight excluding hydrogens is 459 g/mol. The molecule has 6 nitrogen and oxygen atoms in total. The first-order valence-corrected chi connectivity index (χ1v) is 12.3. The maximum absolute atomic E-state index is 13.5. The summed E-state index contributed by atoms with van der Waals surface area (Å²) < 4.78 is 28.1. The Morgan fingerprint density at radius 2 is 1.68 bits per heavy atom. The summed E-state index contributed by atoms with van der Waals surface area (Å²) in [5, 5.41) is 0.243. The van der Waals surface area contributed by atoms with Crippen LogP contribution in [0.1, 0.15) is 44.6 Å². The highest BCUT2D eigenvalue weighted by molar-refractivity contribution is 7.89. The molecule has 2 aromatic rings. The maximum atomic E-state index is 13.5. The van der Waals surface area contributed by atoms with Crippen LogP contribution in [0.25, 0.3) is 0 Å². The van der Waals surface area contributed by atoms with Gasteiger partial charge in [-0.15, -0.1) is 0 Å². The van der Waals surface area contributed by atoms with E-state index in [2.05, 4.69) is 13.8 Å². The van der Waals surface area contributed by atoms with Crippen LogP contribution in [0, 0.1) is 0 Å². The molecule has 1 atom stereocenters. The molecule has 31 heavy (non-hydrogen) atoms. The van der Waals surface area contributed by atoms with E-state index < -0.39 is 27.9 Å². The third-order valence-corrected chi connectivity index (χ3v) is 8.28. The van der Waals surface area contributed by atoms with Gasteiger partial charge in [-0.3, -0.25) is 9.59 Å². The van der Waals surface area contributed by atoms with E-state index in [4.69, 9.17) is 23.2 Å². The van der Waals surface area contributed by atoms with E-state index >= 15 is 0 Å². The highest BCUT2D eigenvalue weighted by Crippen LogP contribution is 2.40. The van der Waals surface area contributed by atoms with E-state index in [0.717, 1.165) is 14.8 Å². The lowest BCUT2D eigenvalue weighted by atomic mass is 10.0. The van der Waals surface area contributed by atoms with Gasteiger partial charge in [0.25, 0.3) is 5.91 Å². The molecule has 1 heterocycles. The summed E-state index contributed by atoms with van der Waals surface area (Å²) in [5.74, 6) is -0.661. The number of rotatable bonds is 6. The van der Waals surface area contributed by atoms with Gasteiger partial charge in [0.15, 0.2) is 0 Å². The molecule has 0 N–H and O–H groups in total. The molecule has 0 aromatic heterocycles. The van der Waals surface area contributed by atoms with E-state index in [1.165, 1.54) is 18.2 Å². The Labute approximate surface area is 191 Å². The number of benzene rings is 2. The number of sulfonamides is 1. The molecule has 0 spiro atoms. The van der Waals surface area contributed by atoms with Crippen molar-refractivity contribution in [3.05, 3.63) is 58.1 Å². The molecule has 9 heteroatoms. The summed E-state index contributed by atoms with van der Waals surface area (Å²) in [7, 11) is -4.14. The van der Waals surface area contributed by atoms with E-state index in [1.807, 2.05) is 12.1 Å². The number of imide groups is 1. The Hall–Kier alpha value is -1.93. The SMILES string of the molecule is CC(C)c1ccc(N2C(=O)CC(N(C3CC3)S(=O)(=O)c3cc(Cl)ccc3Cl)C2=O)cc1. The van der Waals surface area contributed by atoms with Gasteiger partial charge in [0, 0.05) is 11.1 Å². The van der Waals surface area contributed by atoms with Crippen molar-refractivity contribution < 1.29 is 18.0 Å². The second kappa shape index (κ2) is 8.20. The minimum absolute atomic E-state index is 0.0213. The topological polar surface area (TPSA) is 74.8 Å². The first-order chi connectivity index (χ1) is 14.6. The van der Waals surface area contributed by atoms with E-state index in [1.54, 1.807) is 12.1 Å². The van der Waals surface area contributed by atoms with Gasteiger partial charge in [0.05, 0.1) is 17.1 Å². The molecule has 2 aliphatic rings. The molecule has 0 radical (unpaired) electrons. The van der Waals surface area contributed by atoms with Crippen LogP contribution in [-0.2, 0) is 19.6 Å². The van der Waals surface area contributed by atoms with Crippen molar-refractivity contribution in [3.8, 4) is 0 Å². The molecule has 1 saturated carbocycles. The average Bonchev–Trinajstić information content (AvgIpc) is 3.49. The van der Waals surface area contributed by atoms with Crippen LogP contribution in [0.5, 0.6) is 0 Å². The highest BCUT2D eigenvalue weighted by Gasteiger charge is 2.52. The van der Waals surface area contributed by atoms with Crippen LogP contribution in [-0.4, -0.2) is 36.6 Å². The quantitative estimate of drug-likeness (QED) is 0.566. The van der Waals surface area contributed by atoms with Crippen molar-refractivity contribution in [2.75, 3.05) is 4.90 Å². The molecule has 1 aliphatic heterocycles.